The maximum atomic E-state index is 2.40. The number of hydrogen-bond acceptors (Lipinski definition) is 0. The molecule has 0 unspecified atom stereocenters. The fourth-order valence-corrected chi connectivity index (χ4v) is 7.73. The second-order valence-corrected chi connectivity index (χ2v) is 13.0. The van der Waals surface area contributed by atoms with Crippen molar-refractivity contribution in [3.63, 3.8) is 0 Å². The molecular formula is C48H32N2. The van der Waals surface area contributed by atoms with Crippen LogP contribution >= 0.6 is 0 Å². The second-order valence-electron chi connectivity index (χ2n) is 13.0. The molecule has 234 valence electrons. The normalized spacial score (nSPS) is 11.6. The van der Waals surface area contributed by atoms with Crippen molar-refractivity contribution in [1.82, 2.24) is 9.13 Å². The predicted octanol–water partition coefficient (Wildman–Crippen LogP) is 12.9. The molecule has 10 rings (SSSR count). The highest BCUT2D eigenvalue weighted by Crippen LogP contribution is 2.39. The van der Waals surface area contributed by atoms with E-state index in [4.69, 9.17) is 0 Å². The van der Waals surface area contributed by atoms with Crippen LogP contribution in [0.1, 0.15) is 0 Å². The second kappa shape index (κ2) is 11.5. The number of hydrogen-bond donors (Lipinski definition) is 0. The molecule has 2 aromatic heterocycles. The molecule has 0 bridgehead atoms. The third kappa shape index (κ3) is 4.57. The lowest BCUT2D eigenvalue weighted by atomic mass is 9.99. The van der Waals surface area contributed by atoms with E-state index in [0.29, 0.717) is 0 Å². The summed E-state index contributed by atoms with van der Waals surface area (Å²) in [6.45, 7) is 0. The van der Waals surface area contributed by atoms with Gasteiger partial charge in [0.2, 0.25) is 0 Å². The Hall–Kier alpha value is -6.64. The monoisotopic (exact) mass is 636 g/mol. The topological polar surface area (TPSA) is 9.86 Å². The Morgan fingerprint density at radius 2 is 0.620 bits per heavy atom. The van der Waals surface area contributed by atoms with Gasteiger partial charge >= 0.3 is 0 Å². The zero-order chi connectivity index (χ0) is 33.0. The van der Waals surface area contributed by atoms with Gasteiger partial charge in [-0.2, -0.15) is 0 Å². The maximum Gasteiger partial charge on any atom is 0.0547 e. The average molecular weight is 637 g/mol. The zero-order valence-corrected chi connectivity index (χ0v) is 27.4. The van der Waals surface area contributed by atoms with E-state index in [0.717, 1.165) is 11.4 Å². The van der Waals surface area contributed by atoms with E-state index < -0.39 is 0 Å². The van der Waals surface area contributed by atoms with Crippen molar-refractivity contribution in [1.29, 1.82) is 0 Å². The number of benzene rings is 8. The summed E-state index contributed by atoms with van der Waals surface area (Å²) < 4.78 is 4.80. The first-order chi connectivity index (χ1) is 24.8. The highest BCUT2D eigenvalue weighted by molar-refractivity contribution is 6.13. The molecule has 2 heteroatoms. The molecule has 8 aromatic carbocycles. The van der Waals surface area contributed by atoms with Crippen molar-refractivity contribution in [2.45, 2.75) is 0 Å². The highest BCUT2D eigenvalue weighted by atomic mass is 15.0. The Kier molecular flexibility index (Phi) is 6.53. The molecule has 0 radical (unpaired) electrons. The van der Waals surface area contributed by atoms with Gasteiger partial charge < -0.3 is 9.13 Å². The minimum Gasteiger partial charge on any atom is -0.309 e. The van der Waals surface area contributed by atoms with E-state index in [9.17, 15) is 0 Å². The highest BCUT2D eigenvalue weighted by Gasteiger charge is 2.17. The van der Waals surface area contributed by atoms with Gasteiger partial charge in [-0.25, -0.2) is 0 Å². The van der Waals surface area contributed by atoms with Crippen LogP contribution in [0.25, 0.3) is 88.4 Å². The Morgan fingerprint density at radius 3 is 1.26 bits per heavy atom. The van der Waals surface area contributed by atoms with Gasteiger partial charge in [0, 0.05) is 32.9 Å². The molecule has 0 aliphatic carbocycles. The molecule has 2 nitrogen and oxygen atoms in total. The van der Waals surface area contributed by atoms with Crippen LogP contribution in [0.4, 0.5) is 0 Å². The van der Waals surface area contributed by atoms with Gasteiger partial charge in [-0.3, -0.25) is 0 Å². The summed E-state index contributed by atoms with van der Waals surface area (Å²) in [5.41, 5.74) is 14.5. The molecule has 10 aromatic rings. The minimum atomic E-state index is 1.16. The van der Waals surface area contributed by atoms with Crippen LogP contribution in [0.15, 0.2) is 194 Å². The Bertz CT molecular complexity index is 2820. The molecule has 0 aliphatic heterocycles. The zero-order valence-electron chi connectivity index (χ0n) is 27.4. The number of para-hydroxylation sites is 2. The number of aromatic nitrogens is 2. The van der Waals surface area contributed by atoms with Crippen LogP contribution in [0.5, 0.6) is 0 Å². The smallest absolute Gasteiger partial charge is 0.0547 e. The van der Waals surface area contributed by atoms with Crippen molar-refractivity contribution in [2.24, 2.45) is 0 Å². The third-order valence-corrected chi connectivity index (χ3v) is 10.1. The van der Waals surface area contributed by atoms with Crippen molar-refractivity contribution < 1.29 is 0 Å². The Labute approximate surface area is 290 Å². The molecule has 0 fully saturated rings. The molecule has 0 atom stereocenters. The van der Waals surface area contributed by atoms with E-state index in [1.807, 2.05) is 0 Å². The first kappa shape index (κ1) is 28.4. The quantitative estimate of drug-likeness (QED) is 0.178. The summed E-state index contributed by atoms with van der Waals surface area (Å²) in [6, 6.07) is 70.4. The summed E-state index contributed by atoms with van der Waals surface area (Å²) in [5.74, 6) is 0. The van der Waals surface area contributed by atoms with Crippen molar-refractivity contribution in [2.75, 3.05) is 0 Å². The molecule has 0 saturated carbocycles. The lowest BCUT2D eigenvalue weighted by Crippen LogP contribution is -1.94. The SMILES string of the molecule is c1ccc(-c2ccc(-n3c4ccccc4c4cc(-c5ccc6c(c5)c5ccc(-c7ccccc7)cc5n6-c5ccccc5)ccc43)cc2)cc1. The Morgan fingerprint density at radius 1 is 0.220 bits per heavy atom. The van der Waals surface area contributed by atoms with E-state index in [-0.39, 0.29) is 0 Å². The molecule has 0 aliphatic rings. The van der Waals surface area contributed by atoms with Crippen LogP contribution in [-0.2, 0) is 0 Å². The predicted molar refractivity (Wildman–Crippen MR) is 211 cm³/mol. The fraction of sp³-hybridized carbons (Fsp3) is 0. The summed E-state index contributed by atoms with van der Waals surface area (Å²) in [5, 5.41) is 5.01. The van der Waals surface area contributed by atoms with Crippen LogP contribution in [0.2, 0.25) is 0 Å². The molecule has 0 N–H and O–H groups in total. The van der Waals surface area contributed by atoms with Crippen LogP contribution in [-0.4, -0.2) is 9.13 Å². The number of rotatable bonds is 5. The standard InChI is InChI=1S/C48H32N2/c1-4-12-33(13-5-1)35-20-25-40(26-21-35)49-45-19-11-10-18-41(45)43-30-36(23-28-46(43)49)37-24-29-47-44(31-37)42-27-22-38(34-14-6-2-7-15-34)32-48(42)50(47)39-16-8-3-9-17-39/h1-32H. The maximum absolute atomic E-state index is 2.40. The van der Waals surface area contributed by atoms with Gasteiger partial charge in [-0.15, -0.1) is 0 Å². The van der Waals surface area contributed by atoms with Gasteiger partial charge in [0.25, 0.3) is 0 Å². The average Bonchev–Trinajstić information content (AvgIpc) is 3.70. The number of nitrogens with zero attached hydrogens (tertiary/aromatic N) is 2. The lowest BCUT2D eigenvalue weighted by Gasteiger charge is -2.10. The minimum absolute atomic E-state index is 1.16. The first-order valence-corrected chi connectivity index (χ1v) is 17.2. The molecule has 0 amide bonds. The molecule has 0 spiro atoms. The molecule has 50 heavy (non-hydrogen) atoms. The molecular weight excluding hydrogens is 605 g/mol. The summed E-state index contributed by atoms with van der Waals surface area (Å²) >= 11 is 0. The lowest BCUT2D eigenvalue weighted by molar-refractivity contribution is 1.18. The largest absolute Gasteiger partial charge is 0.309 e. The Balaban J connectivity index is 1.13. The fourth-order valence-electron chi connectivity index (χ4n) is 7.73. The van der Waals surface area contributed by atoms with Gasteiger partial charge in [-0.05, 0) is 94.0 Å². The summed E-state index contributed by atoms with van der Waals surface area (Å²) in [4.78, 5) is 0. The third-order valence-electron chi connectivity index (χ3n) is 10.1. The van der Waals surface area contributed by atoms with Crippen LogP contribution in [0, 0.1) is 0 Å². The van der Waals surface area contributed by atoms with Gasteiger partial charge in [0.05, 0.1) is 22.1 Å². The van der Waals surface area contributed by atoms with E-state index >= 15 is 0 Å². The molecule has 0 saturated heterocycles. The van der Waals surface area contributed by atoms with Crippen molar-refractivity contribution in [3.8, 4) is 44.8 Å². The van der Waals surface area contributed by atoms with Crippen molar-refractivity contribution in [3.05, 3.63) is 194 Å². The first-order valence-electron chi connectivity index (χ1n) is 17.2. The summed E-state index contributed by atoms with van der Waals surface area (Å²) in [6.07, 6.45) is 0. The van der Waals surface area contributed by atoms with Gasteiger partial charge in [0.15, 0.2) is 0 Å². The van der Waals surface area contributed by atoms with Crippen molar-refractivity contribution >= 4 is 43.6 Å². The van der Waals surface area contributed by atoms with Gasteiger partial charge in [-0.1, -0.05) is 133 Å². The number of fused-ring (bicyclic) bond motifs is 6. The van der Waals surface area contributed by atoms with Crippen LogP contribution < -0.4 is 0 Å². The van der Waals surface area contributed by atoms with Gasteiger partial charge in [0.1, 0.15) is 0 Å². The van der Waals surface area contributed by atoms with E-state index in [2.05, 4.69) is 203 Å². The van der Waals surface area contributed by atoms with E-state index in [1.165, 1.54) is 77.0 Å². The van der Waals surface area contributed by atoms with E-state index in [1.54, 1.807) is 0 Å². The molecule has 2 heterocycles. The van der Waals surface area contributed by atoms with Crippen LogP contribution in [0.3, 0.4) is 0 Å². The summed E-state index contributed by atoms with van der Waals surface area (Å²) in [7, 11) is 0.